The van der Waals surface area contributed by atoms with E-state index in [0.717, 1.165) is 44.8 Å². The molecule has 3 aromatic rings. The molecule has 1 amide bonds. The maximum absolute atomic E-state index is 12.5. The highest BCUT2D eigenvalue weighted by molar-refractivity contribution is 7.80. The molecule has 7 nitrogen and oxygen atoms in total. The Morgan fingerprint density at radius 3 is 2.31 bits per heavy atom. The third-order valence-corrected chi connectivity index (χ3v) is 5.70. The van der Waals surface area contributed by atoms with Crippen LogP contribution < -0.4 is 25.5 Å². The van der Waals surface area contributed by atoms with Crippen molar-refractivity contribution < 1.29 is 14.3 Å². The van der Waals surface area contributed by atoms with Crippen molar-refractivity contribution in [1.29, 1.82) is 0 Å². The third-order valence-electron chi connectivity index (χ3n) is 5.51. The minimum absolute atomic E-state index is 0.142. The number of hydrazone groups is 1. The Morgan fingerprint density at radius 2 is 1.61 bits per heavy atom. The molecule has 3 aromatic carbocycles. The van der Waals surface area contributed by atoms with Crippen LogP contribution in [0.2, 0.25) is 0 Å². The second kappa shape index (κ2) is 12.2. The average molecular weight is 505 g/mol. The van der Waals surface area contributed by atoms with Crippen LogP contribution in [0, 0.1) is 34.6 Å². The van der Waals surface area contributed by atoms with E-state index in [9.17, 15) is 4.79 Å². The Bertz CT molecular complexity index is 1280. The lowest BCUT2D eigenvalue weighted by molar-refractivity contribution is -0.118. The maximum Gasteiger partial charge on any atom is 0.262 e. The molecule has 0 radical (unpaired) electrons. The number of amides is 1. The molecule has 0 spiro atoms. The van der Waals surface area contributed by atoms with Crippen LogP contribution in [0.15, 0.2) is 53.6 Å². The van der Waals surface area contributed by atoms with Crippen molar-refractivity contribution in [2.45, 2.75) is 34.6 Å². The number of thiocarbonyl (C=S) groups is 1. The summed E-state index contributed by atoms with van der Waals surface area (Å²) >= 11 is 5.33. The Balaban J connectivity index is 1.57. The third kappa shape index (κ3) is 7.29. The van der Waals surface area contributed by atoms with Crippen molar-refractivity contribution in [3.63, 3.8) is 0 Å². The lowest BCUT2D eigenvalue weighted by atomic mass is 10.1. The average Bonchev–Trinajstić information content (AvgIpc) is 2.82. The van der Waals surface area contributed by atoms with Crippen molar-refractivity contribution in [2.75, 3.05) is 24.4 Å². The van der Waals surface area contributed by atoms with E-state index in [4.69, 9.17) is 21.7 Å². The van der Waals surface area contributed by atoms with E-state index < -0.39 is 0 Å². The number of rotatable bonds is 8. The van der Waals surface area contributed by atoms with E-state index in [2.05, 4.69) is 21.2 Å². The van der Waals surface area contributed by atoms with E-state index in [-0.39, 0.29) is 12.5 Å². The van der Waals surface area contributed by atoms with Gasteiger partial charge in [-0.1, -0.05) is 29.8 Å². The molecule has 36 heavy (non-hydrogen) atoms. The molecule has 0 fully saturated rings. The molecule has 0 saturated heterocycles. The first kappa shape index (κ1) is 26.7. The molecule has 0 aromatic heterocycles. The van der Waals surface area contributed by atoms with Crippen LogP contribution in [0.5, 0.6) is 11.5 Å². The van der Waals surface area contributed by atoms with Crippen molar-refractivity contribution in [1.82, 2.24) is 5.43 Å². The smallest absolute Gasteiger partial charge is 0.262 e. The fourth-order valence-corrected chi connectivity index (χ4v) is 3.93. The summed E-state index contributed by atoms with van der Waals surface area (Å²) in [5.74, 6) is 0.708. The Kier molecular flexibility index (Phi) is 9.02. The number of anilines is 2. The van der Waals surface area contributed by atoms with Crippen LogP contribution in [0.1, 0.15) is 33.4 Å². The van der Waals surface area contributed by atoms with Crippen molar-refractivity contribution >= 4 is 40.8 Å². The number of benzene rings is 3. The molecule has 8 heteroatoms. The summed E-state index contributed by atoms with van der Waals surface area (Å²) in [7, 11) is 1.55. The van der Waals surface area contributed by atoms with Gasteiger partial charge < -0.3 is 20.1 Å². The van der Waals surface area contributed by atoms with Gasteiger partial charge in [0.15, 0.2) is 23.2 Å². The zero-order valence-electron chi connectivity index (χ0n) is 21.5. The SMILES string of the molecule is COc1cc(C=NNC(=S)Nc2cc(C)ccc2C)ccc1OCC(=O)Nc1c(C)cc(C)cc1C. The van der Waals surface area contributed by atoms with Gasteiger partial charge in [-0.2, -0.15) is 5.10 Å². The zero-order chi connectivity index (χ0) is 26.2. The molecule has 0 bridgehead atoms. The summed E-state index contributed by atoms with van der Waals surface area (Å²) < 4.78 is 11.2. The summed E-state index contributed by atoms with van der Waals surface area (Å²) in [6.07, 6.45) is 1.62. The van der Waals surface area contributed by atoms with Crippen LogP contribution in [-0.4, -0.2) is 31.0 Å². The number of methoxy groups -OCH3 is 1. The zero-order valence-corrected chi connectivity index (χ0v) is 22.3. The highest BCUT2D eigenvalue weighted by Crippen LogP contribution is 2.28. The monoisotopic (exact) mass is 504 g/mol. The van der Waals surface area contributed by atoms with Gasteiger partial charge in [0.25, 0.3) is 5.91 Å². The highest BCUT2D eigenvalue weighted by Gasteiger charge is 2.11. The fraction of sp³-hybridized carbons (Fsp3) is 0.250. The number of hydrogen-bond donors (Lipinski definition) is 3. The van der Waals surface area contributed by atoms with Crippen LogP contribution in [-0.2, 0) is 4.79 Å². The predicted octanol–water partition coefficient (Wildman–Crippen LogP) is 5.58. The predicted molar refractivity (Wildman–Crippen MR) is 151 cm³/mol. The maximum atomic E-state index is 12.5. The normalized spacial score (nSPS) is 10.7. The van der Waals surface area contributed by atoms with Gasteiger partial charge in [-0.25, -0.2) is 0 Å². The molecule has 0 aliphatic carbocycles. The van der Waals surface area contributed by atoms with Gasteiger partial charge in [-0.3, -0.25) is 10.2 Å². The number of hydrogen-bond acceptors (Lipinski definition) is 5. The summed E-state index contributed by atoms with van der Waals surface area (Å²) in [5.41, 5.74) is 10.7. The van der Waals surface area contributed by atoms with Crippen LogP contribution in [0.3, 0.4) is 0 Å². The molecule has 0 aliphatic heterocycles. The topological polar surface area (TPSA) is 84.0 Å². The molecule has 0 unspecified atom stereocenters. The largest absolute Gasteiger partial charge is 0.493 e. The minimum Gasteiger partial charge on any atom is -0.493 e. The minimum atomic E-state index is -0.244. The van der Waals surface area contributed by atoms with Gasteiger partial charge >= 0.3 is 0 Å². The fourth-order valence-electron chi connectivity index (χ4n) is 3.77. The first-order chi connectivity index (χ1) is 17.2. The first-order valence-corrected chi connectivity index (χ1v) is 11.9. The lowest BCUT2D eigenvalue weighted by Crippen LogP contribution is -2.24. The van der Waals surface area contributed by atoms with Gasteiger partial charge in [-0.05, 0) is 98.9 Å². The van der Waals surface area contributed by atoms with Gasteiger partial charge in [-0.15, -0.1) is 0 Å². The van der Waals surface area contributed by atoms with E-state index in [1.807, 2.05) is 71.0 Å². The lowest BCUT2D eigenvalue weighted by Gasteiger charge is -2.14. The quantitative estimate of drug-likeness (QED) is 0.211. The van der Waals surface area contributed by atoms with Crippen molar-refractivity contribution in [2.24, 2.45) is 5.10 Å². The van der Waals surface area contributed by atoms with Crippen molar-refractivity contribution in [3.05, 3.63) is 81.9 Å². The Labute approximate surface area is 217 Å². The summed E-state index contributed by atoms with van der Waals surface area (Å²) in [6.45, 7) is 9.87. The number of nitrogens with zero attached hydrogens (tertiary/aromatic N) is 1. The molecule has 0 saturated carbocycles. The number of aryl methyl sites for hydroxylation is 5. The Morgan fingerprint density at radius 1 is 0.889 bits per heavy atom. The van der Waals surface area contributed by atoms with Gasteiger partial charge in [0, 0.05) is 11.4 Å². The van der Waals surface area contributed by atoms with Gasteiger partial charge in [0.05, 0.1) is 13.3 Å². The number of carbonyl (C=O) groups is 1. The van der Waals surface area contributed by atoms with E-state index in [0.29, 0.717) is 16.6 Å². The molecule has 0 heterocycles. The van der Waals surface area contributed by atoms with Crippen LogP contribution >= 0.6 is 12.2 Å². The number of nitrogens with one attached hydrogen (secondary N) is 3. The first-order valence-electron chi connectivity index (χ1n) is 11.5. The van der Waals surface area contributed by atoms with E-state index in [1.54, 1.807) is 25.5 Å². The Hall–Kier alpha value is -3.91. The molecule has 3 N–H and O–H groups in total. The van der Waals surface area contributed by atoms with Crippen molar-refractivity contribution in [3.8, 4) is 11.5 Å². The summed E-state index contributed by atoms with van der Waals surface area (Å²) in [4.78, 5) is 12.5. The second-order valence-electron chi connectivity index (χ2n) is 8.66. The van der Waals surface area contributed by atoms with Crippen LogP contribution in [0.25, 0.3) is 0 Å². The molecule has 188 valence electrons. The molecule has 3 rings (SSSR count). The standard InChI is InChI=1S/C28H32N4O3S/c1-17-7-8-19(3)23(13-17)30-28(36)32-29-15-22-9-10-24(25(14-22)34-6)35-16-26(33)31-27-20(4)11-18(2)12-21(27)5/h7-15H,16H2,1-6H3,(H,31,33)(H2,30,32,36). The molecular weight excluding hydrogens is 472 g/mol. The van der Waals surface area contributed by atoms with Crippen LogP contribution in [0.4, 0.5) is 11.4 Å². The van der Waals surface area contributed by atoms with Gasteiger partial charge in [0.2, 0.25) is 0 Å². The molecule has 0 aliphatic rings. The number of ether oxygens (including phenoxy) is 2. The summed E-state index contributed by atoms with van der Waals surface area (Å²) in [6, 6.07) is 15.5. The second-order valence-corrected chi connectivity index (χ2v) is 9.07. The van der Waals surface area contributed by atoms with E-state index >= 15 is 0 Å². The highest BCUT2D eigenvalue weighted by atomic mass is 32.1. The number of carbonyl (C=O) groups excluding carboxylic acids is 1. The molecule has 0 atom stereocenters. The van der Waals surface area contributed by atoms with Gasteiger partial charge in [0.1, 0.15) is 0 Å². The van der Waals surface area contributed by atoms with E-state index in [1.165, 1.54) is 0 Å². The summed E-state index contributed by atoms with van der Waals surface area (Å²) in [5, 5.41) is 10.7. The molecular formula is C28H32N4O3S.